The summed E-state index contributed by atoms with van der Waals surface area (Å²) in [5.74, 6) is 2.65. The molecule has 0 radical (unpaired) electrons. The highest BCUT2D eigenvalue weighted by Crippen LogP contribution is 2.49. The first kappa shape index (κ1) is 14.3. The summed E-state index contributed by atoms with van der Waals surface area (Å²) < 4.78 is 5.49. The molecule has 2 rings (SSSR count). The fraction of sp³-hybridized carbons (Fsp3) is 1.00. The van der Waals surface area contributed by atoms with Gasteiger partial charge < -0.3 is 10.1 Å². The van der Waals surface area contributed by atoms with E-state index in [1.54, 1.807) is 0 Å². The predicted molar refractivity (Wildman–Crippen MR) is 76.7 cm³/mol. The lowest BCUT2D eigenvalue weighted by atomic mass is 9.74. The quantitative estimate of drug-likeness (QED) is 0.750. The Balaban J connectivity index is 1.81. The van der Waals surface area contributed by atoms with Crippen LogP contribution >= 0.6 is 0 Å². The number of hydrogen-bond donors (Lipinski definition) is 1. The van der Waals surface area contributed by atoms with Crippen molar-refractivity contribution in [3.05, 3.63) is 0 Å². The van der Waals surface area contributed by atoms with Gasteiger partial charge in [-0.2, -0.15) is 0 Å². The van der Waals surface area contributed by atoms with Crippen molar-refractivity contribution in [2.45, 2.75) is 52.9 Å². The third kappa shape index (κ3) is 4.24. The van der Waals surface area contributed by atoms with Gasteiger partial charge in [0, 0.05) is 19.8 Å². The Kier molecular flexibility index (Phi) is 5.08. The number of rotatable bonds is 7. The van der Waals surface area contributed by atoms with Crippen molar-refractivity contribution in [3.8, 4) is 0 Å². The third-order valence-corrected chi connectivity index (χ3v) is 4.74. The molecular formula is C16H31NO. The second-order valence-corrected chi connectivity index (χ2v) is 7.21. The van der Waals surface area contributed by atoms with Crippen molar-refractivity contribution < 1.29 is 4.74 Å². The first-order valence-corrected chi connectivity index (χ1v) is 7.88. The van der Waals surface area contributed by atoms with Crippen molar-refractivity contribution in [2.75, 3.05) is 26.3 Å². The molecule has 1 aliphatic carbocycles. The molecule has 1 saturated heterocycles. The first-order chi connectivity index (χ1) is 8.60. The highest BCUT2D eigenvalue weighted by atomic mass is 16.5. The molecule has 0 aromatic rings. The van der Waals surface area contributed by atoms with Crippen LogP contribution in [0.25, 0.3) is 0 Å². The number of hydrogen-bond acceptors (Lipinski definition) is 2. The molecule has 2 fully saturated rings. The molecule has 0 amide bonds. The molecule has 0 aromatic carbocycles. The summed E-state index contributed by atoms with van der Waals surface area (Å²) in [5, 5.41) is 3.71. The Morgan fingerprint density at radius 3 is 2.39 bits per heavy atom. The second-order valence-electron chi connectivity index (χ2n) is 7.21. The predicted octanol–water partition coefficient (Wildman–Crippen LogP) is 3.47. The van der Waals surface area contributed by atoms with Gasteiger partial charge in [-0.05, 0) is 61.8 Å². The zero-order valence-corrected chi connectivity index (χ0v) is 12.5. The van der Waals surface area contributed by atoms with Gasteiger partial charge >= 0.3 is 0 Å². The van der Waals surface area contributed by atoms with Gasteiger partial charge in [0.1, 0.15) is 0 Å². The van der Waals surface area contributed by atoms with Crippen LogP contribution in [-0.2, 0) is 4.74 Å². The van der Waals surface area contributed by atoms with E-state index in [1.165, 1.54) is 38.6 Å². The van der Waals surface area contributed by atoms with E-state index in [4.69, 9.17) is 4.74 Å². The average Bonchev–Trinajstić information content (AvgIpc) is 3.13. The first-order valence-electron chi connectivity index (χ1n) is 7.88. The van der Waals surface area contributed by atoms with Gasteiger partial charge in [0.15, 0.2) is 0 Å². The molecule has 2 aliphatic rings. The van der Waals surface area contributed by atoms with Crippen LogP contribution in [0.15, 0.2) is 0 Å². The Bertz CT molecular complexity index is 243. The van der Waals surface area contributed by atoms with Crippen LogP contribution in [0.3, 0.4) is 0 Å². The molecule has 1 saturated carbocycles. The molecule has 106 valence electrons. The summed E-state index contributed by atoms with van der Waals surface area (Å²) in [6.07, 6.45) is 6.90. The molecule has 2 nitrogen and oxygen atoms in total. The van der Waals surface area contributed by atoms with E-state index in [9.17, 15) is 0 Å². The Labute approximate surface area is 113 Å². The molecule has 0 spiro atoms. The maximum absolute atomic E-state index is 5.49. The van der Waals surface area contributed by atoms with Crippen molar-refractivity contribution in [1.82, 2.24) is 5.32 Å². The standard InChI is InChI=1S/C16H31NO/c1-13(2)11-17-12-16(3,15-4-5-15)10-14-6-8-18-9-7-14/h13-15,17H,4-12H2,1-3H3. The van der Waals surface area contributed by atoms with E-state index in [1.807, 2.05) is 0 Å². The minimum absolute atomic E-state index is 0.539. The summed E-state index contributed by atoms with van der Waals surface area (Å²) in [5.41, 5.74) is 0.539. The maximum atomic E-state index is 5.49. The van der Waals surface area contributed by atoms with E-state index >= 15 is 0 Å². The molecule has 2 heteroatoms. The summed E-state index contributed by atoms with van der Waals surface area (Å²) in [6.45, 7) is 11.5. The number of nitrogens with one attached hydrogen (secondary N) is 1. The van der Waals surface area contributed by atoms with Gasteiger partial charge in [0.25, 0.3) is 0 Å². The van der Waals surface area contributed by atoms with Gasteiger partial charge in [-0.25, -0.2) is 0 Å². The van der Waals surface area contributed by atoms with Crippen molar-refractivity contribution in [2.24, 2.45) is 23.2 Å². The third-order valence-electron chi connectivity index (χ3n) is 4.74. The van der Waals surface area contributed by atoms with Crippen LogP contribution in [0.2, 0.25) is 0 Å². The monoisotopic (exact) mass is 253 g/mol. The fourth-order valence-electron chi connectivity index (χ4n) is 3.42. The Morgan fingerprint density at radius 2 is 1.83 bits per heavy atom. The Hall–Kier alpha value is -0.0800. The average molecular weight is 253 g/mol. The van der Waals surface area contributed by atoms with Crippen molar-refractivity contribution in [1.29, 1.82) is 0 Å². The van der Waals surface area contributed by atoms with Gasteiger partial charge in [-0.1, -0.05) is 20.8 Å². The molecular weight excluding hydrogens is 222 g/mol. The van der Waals surface area contributed by atoms with Crippen LogP contribution in [0.5, 0.6) is 0 Å². The molecule has 1 aliphatic heterocycles. The fourth-order valence-corrected chi connectivity index (χ4v) is 3.42. The van der Waals surface area contributed by atoms with E-state index in [0.717, 1.165) is 37.5 Å². The van der Waals surface area contributed by atoms with Crippen LogP contribution in [0.4, 0.5) is 0 Å². The van der Waals surface area contributed by atoms with Crippen LogP contribution in [-0.4, -0.2) is 26.3 Å². The summed E-state index contributed by atoms with van der Waals surface area (Å²) >= 11 is 0. The molecule has 0 bridgehead atoms. The van der Waals surface area contributed by atoms with Crippen LogP contribution in [0, 0.1) is 23.2 Å². The molecule has 1 heterocycles. The van der Waals surface area contributed by atoms with E-state index in [2.05, 4.69) is 26.1 Å². The molecule has 1 N–H and O–H groups in total. The van der Waals surface area contributed by atoms with Gasteiger partial charge in [-0.15, -0.1) is 0 Å². The lowest BCUT2D eigenvalue weighted by molar-refractivity contribution is 0.0450. The molecule has 0 aromatic heterocycles. The molecule has 18 heavy (non-hydrogen) atoms. The minimum Gasteiger partial charge on any atom is -0.381 e. The maximum Gasteiger partial charge on any atom is 0.0468 e. The molecule has 1 atom stereocenters. The summed E-state index contributed by atoms with van der Waals surface area (Å²) in [7, 11) is 0. The highest BCUT2D eigenvalue weighted by molar-refractivity contribution is 4.94. The normalized spacial score (nSPS) is 25.3. The minimum atomic E-state index is 0.539. The zero-order valence-electron chi connectivity index (χ0n) is 12.5. The van der Waals surface area contributed by atoms with Gasteiger partial charge in [0.2, 0.25) is 0 Å². The van der Waals surface area contributed by atoms with E-state index in [-0.39, 0.29) is 0 Å². The lowest BCUT2D eigenvalue weighted by Gasteiger charge is -2.36. The van der Waals surface area contributed by atoms with E-state index < -0.39 is 0 Å². The Morgan fingerprint density at radius 1 is 1.17 bits per heavy atom. The SMILES string of the molecule is CC(C)CNCC(C)(CC1CCOCC1)C1CC1. The van der Waals surface area contributed by atoms with Crippen LogP contribution in [0.1, 0.15) is 52.9 Å². The lowest BCUT2D eigenvalue weighted by Crippen LogP contribution is -2.37. The topological polar surface area (TPSA) is 21.3 Å². The summed E-state index contributed by atoms with van der Waals surface area (Å²) in [4.78, 5) is 0. The van der Waals surface area contributed by atoms with Gasteiger partial charge in [-0.3, -0.25) is 0 Å². The van der Waals surface area contributed by atoms with Crippen molar-refractivity contribution >= 4 is 0 Å². The summed E-state index contributed by atoms with van der Waals surface area (Å²) in [6, 6.07) is 0. The van der Waals surface area contributed by atoms with E-state index in [0.29, 0.717) is 5.41 Å². The van der Waals surface area contributed by atoms with Crippen LogP contribution < -0.4 is 5.32 Å². The van der Waals surface area contributed by atoms with Crippen molar-refractivity contribution in [3.63, 3.8) is 0 Å². The van der Waals surface area contributed by atoms with Gasteiger partial charge in [0.05, 0.1) is 0 Å². The highest BCUT2D eigenvalue weighted by Gasteiger charge is 2.42. The molecule has 1 unspecified atom stereocenters. The smallest absolute Gasteiger partial charge is 0.0468 e. The second kappa shape index (κ2) is 6.38. The number of ether oxygens (including phenoxy) is 1. The largest absolute Gasteiger partial charge is 0.381 e. The zero-order chi connectivity index (χ0) is 13.0.